The number of nitrogens with zero attached hydrogens (tertiary/aromatic N) is 1. The van der Waals surface area contributed by atoms with E-state index in [1.54, 1.807) is 30.5 Å². The molecule has 1 amide bonds. The Bertz CT molecular complexity index is 891. The van der Waals surface area contributed by atoms with Crippen molar-refractivity contribution < 1.29 is 9.53 Å². The molecule has 3 aromatic carbocycles. The fourth-order valence-electron chi connectivity index (χ4n) is 2.29. The molecule has 5 heteroatoms. The molecule has 0 atom stereocenters. The molecule has 26 heavy (non-hydrogen) atoms. The second kappa shape index (κ2) is 8.48. The number of rotatable bonds is 6. The van der Waals surface area contributed by atoms with Gasteiger partial charge in [0, 0.05) is 11.3 Å². The number of nitrogens with one attached hydrogen (secondary N) is 1. The average Bonchev–Trinajstić information content (AvgIpc) is 2.68. The van der Waals surface area contributed by atoms with E-state index in [-0.39, 0.29) is 5.91 Å². The SMILES string of the molecule is Nc1ccc(C(=O)N/N=C/c2cccc(OCc3ccccc3)c2)cc1. The Morgan fingerprint density at radius 2 is 1.77 bits per heavy atom. The van der Waals surface area contributed by atoms with Gasteiger partial charge in [-0.05, 0) is 47.5 Å². The summed E-state index contributed by atoms with van der Waals surface area (Å²) in [5.41, 5.74) is 11.1. The van der Waals surface area contributed by atoms with Gasteiger partial charge in [-0.3, -0.25) is 4.79 Å². The van der Waals surface area contributed by atoms with Crippen LogP contribution in [0.4, 0.5) is 5.69 Å². The molecule has 0 bridgehead atoms. The molecule has 3 rings (SSSR count). The van der Waals surface area contributed by atoms with E-state index in [9.17, 15) is 4.79 Å². The summed E-state index contributed by atoms with van der Waals surface area (Å²) in [4.78, 5) is 12.0. The number of benzene rings is 3. The lowest BCUT2D eigenvalue weighted by Gasteiger charge is -2.06. The van der Waals surface area contributed by atoms with Crippen LogP contribution >= 0.6 is 0 Å². The molecule has 0 unspecified atom stereocenters. The van der Waals surface area contributed by atoms with Crippen molar-refractivity contribution in [2.45, 2.75) is 6.61 Å². The summed E-state index contributed by atoms with van der Waals surface area (Å²) in [5.74, 6) is 0.445. The molecule has 3 N–H and O–H groups in total. The van der Waals surface area contributed by atoms with Gasteiger partial charge in [0.2, 0.25) is 0 Å². The van der Waals surface area contributed by atoms with E-state index < -0.39 is 0 Å². The third-order valence-corrected chi connectivity index (χ3v) is 3.66. The molecule has 5 nitrogen and oxygen atoms in total. The number of carbonyl (C=O) groups is 1. The maximum absolute atomic E-state index is 12.0. The lowest BCUT2D eigenvalue weighted by molar-refractivity contribution is 0.0955. The minimum Gasteiger partial charge on any atom is -0.489 e. The fraction of sp³-hybridized carbons (Fsp3) is 0.0476. The van der Waals surface area contributed by atoms with Gasteiger partial charge >= 0.3 is 0 Å². The van der Waals surface area contributed by atoms with Gasteiger partial charge in [-0.2, -0.15) is 5.10 Å². The van der Waals surface area contributed by atoms with E-state index in [1.807, 2.05) is 54.6 Å². The number of ether oxygens (including phenoxy) is 1. The highest BCUT2D eigenvalue weighted by Gasteiger charge is 2.03. The smallest absolute Gasteiger partial charge is 0.271 e. The van der Waals surface area contributed by atoms with Gasteiger partial charge in [0.1, 0.15) is 12.4 Å². The Labute approximate surface area is 152 Å². The maximum Gasteiger partial charge on any atom is 0.271 e. The van der Waals surface area contributed by atoms with Crippen LogP contribution in [-0.2, 0) is 6.61 Å². The molecule has 130 valence electrons. The molecule has 0 saturated carbocycles. The molecular weight excluding hydrogens is 326 g/mol. The summed E-state index contributed by atoms with van der Waals surface area (Å²) < 4.78 is 5.78. The molecule has 0 aliphatic rings. The van der Waals surface area contributed by atoms with Crippen molar-refractivity contribution in [3.63, 3.8) is 0 Å². The van der Waals surface area contributed by atoms with Crippen molar-refractivity contribution >= 4 is 17.8 Å². The zero-order valence-electron chi connectivity index (χ0n) is 14.1. The number of hydrazone groups is 1. The monoisotopic (exact) mass is 345 g/mol. The first-order valence-corrected chi connectivity index (χ1v) is 8.16. The minimum atomic E-state index is -0.294. The van der Waals surface area contributed by atoms with Crippen LogP contribution in [0.1, 0.15) is 21.5 Å². The van der Waals surface area contributed by atoms with Crippen LogP contribution < -0.4 is 15.9 Å². The van der Waals surface area contributed by atoms with E-state index in [0.717, 1.165) is 16.9 Å². The summed E-state index contributed by atoms with van der Waals surface area (Å²) in [6.07, 6.45) is 1.57. The van der Waals surface area contributed by atoms with Crippen molar-refractivity contribution in [3.05, 3.63) is 95.6 Å². The number of amides is 1. The lowest BCUT2D eigenvalue weighted by Crippen LogP contribution is -2.17. The topological polar surface area (TPSA) is 76.7 Å². The third kappa shape index (κ3) is 4.95. The number of carbonyl (C=O) groups excluding carboxylic acids is 1. The van der Waals surface area contributed by atoms with Gasteiger partial charge in [-0.1, -0.05) is 42.5 Å². The normalized spacial score (nSPS) is 10.6. The van der Waals surface area contributed by atoms with Crippen LogP contribution in [0.15, 0.2) is 84.0 Å². The van der Waals surface area contributed by atoms with Crippen molar-refractivity contribution in [2.75, 3.05) is 5.73 Å². The molecule has 0 aliphatic heterocycles. The van der Waals surface area contributed by atoms with Gasteiger partial charge in [0.25, 0.3) is 5.91 Å². The van der Waals surface area contributed by atoms with Crippen LogP contribution in [0.25, 0.3) is 0 Å². The average molecular weight is 345 g/mol. The molecule has 0 heterocycles. The van der Waals surface area contributed by atoms with Crippen LogP contribution in [0.2, 0.25) is 0 Å². The first-order valence-electron chi connectivity index (χ1n) is 8.16. The van der Waals surface area contributed by atoms with Crippen molar-refractivity contribution in [1.29, 1.82) is 0 Å². The highest BCUT2D eigenvalue weighted by atomic mass is 16.5. The standard InChI is InChI=1S/C21H19N3O2/c22-19-11-9-18(10-12-19)21(25)24-23-14-17-7-4-8-20(13-17)26-15-16-5-2-1-3-6-16/h1-14H,15,22H2,(H,24,25)/b23-14+. The highest BCUT2D eigenvalue weighted by Crippen LogP contribution is 2.14. The first kappa shape index (κ1) is 17.2. The molecule has 0 radical (unpaired) electrons. The molecule has 3 aromatic rings. The Morgan fingerprint density at radius 3 is 2.54 bits per heavy atom. The summed E-state index contributed by atoms with van der Waals surface area (Å²) in [7, 11) is 0. The van der Waals surface area contributed by atoms with Crippen LogP contribution in [-0.4, -0.2) is 12.1 Å². The largest absolute Gasteiger partial charge is 0.489 e. The number of anilines is 1. The summed E-state index contributed by atoms with van der Waals surface area (Å²) >= 11 is 0. The van der Waals surface area contributed by atoms with Gasteiger partial charge in [-0.15, -0.1) is 0 Å². The van der Waals surface area contributed by atoms with Crippen molar-refractivity contribution in [1.82, 2.24) is 5.43 Å². The number of nitrogen functional groups attached to an aromatic ring is 1. The second-order valence-electron chi connectivity index (χ2n) is 5.67. The van der Waals surface area contributed by atoms with Crippen molar-refractivity contribution in [2.24, 2.45) is 5.10 Å². The maximum atomic E-state index is 12.0. The number of nitrogens with two attached hydrogens (primary N) is 1. The predicted octanol–water partition coefficient (Wildman–Crippen LogP) is 3.61. The molecular formula is C21H19N3O2. The van der Waals surface area contributed by atoms with E-state index in [4.69, 9.17) is 10.5 Å². The summed E-state index contributed by atoms with van der Waals surface area (Å²) in [5, 5.41) is 3.99. The van der Waals surface area contributed by atoms with Gasteiger partial charge < -0.3 is 10.5 Å². The molecule has 0 aliphatic carbocycles. The zero-order chi connectivity index (χ0) is 18.2. The molecule has 0 saturated heterocycles. The molecule has 0 fully saturated rings. The van der Waals surface area contributed by atoms with Gasteiger partial charge in [0.15, 0.2) is 0 Å². The lowest BCUT2D eigenvalue weighted by atomic mass is 10.2. The van der Waals surface area contributed by atoms with E-state index in [2.05, 4.69) is 10.5 Å². The predicted molar refractivity (Wildman–Crippen MR) is 103 cm³/mol. The van der Waals surface area contributed by atoms with Gasteiger partial charge in [-0.25, -0.2) is 5.43 Å². The molecule has 0 spiro atoms. The summed E-state index contributed by atoms with van der Waals surface area (Å²) in [6.45, 7) is 0.495. The third-order valence-electron chi connectivity index (χ3n) is 3.66. The minimum absolute atomic E-state index is 0.294. The highest BCUT2D eigenvalue weighted by molar-refractivity contribution is 5.95. The number of hydrogen-bond donors (Lipinski definition) is 2. The van der Waals surface area contributed by atoms with E-state index in [0.29, 0.717) is 17.9 Å². The van der Waals surface area contributed by atoms with Crippen molar-refractivity contribution in [3.8, 4) is 5.75 Å². The van der Waals surface area contributed by atoms with Crippen LogP contribution in [0, 0.1) is 0 Å². The van der Waals surface area contributed by atoms with E-state index in [1.165, 1.54) is 0 Å². The Balaban J connectivity index is 1.56. The van der Waals surface area contributed by atoms with Crippen LogP contribution in [0.3, 0.4) is 0 Å². The second-order valence-corrected chi connectivity index (χ2v) is 5.67. The van der Waals surface area contributed by atoms with Gasteiger partial charge in [0.05, 0.1) is 6.21 Å². The first-order chi connectivity index (χ1) is 12.7. The quantitative estimate of drug-likeness (QED) is 0.407. The Kier molecular flexibility index (Phi) is 5.62. The van der Waals surface area contributed by atoms with Crippen LogP contribution in [0.5, 0.6) is 5.75 Å². The Hall–Kier alpha value is -3.60. The van der Waals surface area contributed by atoms with E-state index >= 15 is 0 Å². The Morgan fingerprint density at radius 1 is 1.00 bits per heavy atom. The molecule has 0 aromatic heterocycles. The fourth-order valence-corrected chi connectivity index (χ4v) is 2.29. The zero-order valence-corrected chi connectivity index (χ0v) is 14.1. The summed E-state index contributed by atoms with van der Waals surface area (Å²) in [6, 6.07) is 24.1. The number of hydrogen-bond acceptors (Lipinski definition) is 4.